The van der Waals surface area contributed by atoms with Gasteiger partial charge in [-0.3, -0.25) is 4.90 Å². The highest BCUT2D eigenvalue weighted by Gasteiger charge is 2.20. The lowest BCUT2D eigenvalue weighted by atomic mass is 10.1. The van der Waals surface area contributed by atoms with Crippen LogP contribution in [0.3, 0.4) is 0 Å². The van der Waals surface area contributed by atoms with Gasteiger partial charge in [-0.05, 0) is 44.5 Å². The largest absolute Gasteiger partial charge is 0.399 e. The highest BCUT2D eigenvalue weighted by Crippen LogP contribution is 2.22. The van der Waals surface area contributed by atoms with Gasteiger partial charge in [-0.15, -0.1) is 0 Å². The predicted octanol–water partition coefficient (Wildman–Crippen LogP) is 2.44. The zero-order valence-electron chi connectivity index (χ0n) is 10.7. The Morgan fingerprint density at radius 2 is 2.35 bits per heavy atom. The zero-order valence-corrected chi connectivity index (χ0v) is 10.7. The molecule has 1 fully saturated rings. The number of hydrogen-bond donors (Lipinski definition) is 1. The molecule has 0 radical (unpaired) electrons. The van der Waals surface area contributed by atoms with Gasteiger partial charge in [-0.1, -0.05) is 12.1 Å². The number of benzene rings is 1. The van der Waals surface area contributed by atoms with Crippen molar-refractivity contribution in [1.29, 1.82) is 0 Å². The SMILES string of the molecule is CC(c1cccc(N)c1)N(C)CC1CCCO1. The van der Waals surface area contributed by atoms with Gasteiger partial charge < -0.3 is 10.5 Å². The van der Waals surface area contributed by atoms with Crippen LogP contribution in [0.2, 0.25) is 0 Å². The molecule has 0 bridgehead atoms. The van der Waals surface area contributed by atoms with Gasteiger partial charge in [0.25, 0.3) is 0 Å². The summed E-state index contributed by atoms with van der Waals surface area (Å²) >= 11 is 0. The van der Waals surface area contributed by atoms with E-state index in [1.807, 2.05) is 12.1 Å². The standard InChI is InChI=1S/C14H22N2O/c1-11(12-5-3-6-13(15)9-12)16(2)10-14-7-4-8-17-14/h3,5-6,9,11,14H,4,7-8,10,15H2,1-2H3. The van der Waals surface area contributed by atoms with Crippen LogP contribution in [0, 0.1) is 0 Å². The van der Waals surface area contributed by atoms with Gasteiger partial charge in [-0.25, -0.2) is 0 Å². The molecule has 1 heterocycles. The third-order valence-corrected chi connectivity index (χ3v) is 3.57. The van der Waals surface area contributed by atoms with Crippen molar-refractivity contribution in [2.24, 2.45) is 0 Å². The number of hydrogen-bond acceptors (Lipinski definition) is 3. The molecule has 17 heavy (non-hydrogen) atoms. The zero-order chi connectivity index (χ0) is 12.3. The maximum absolute atomic E-state index is 5.82. The molecule has 0 amide bonds. The molecule has 0 spiro atoms. The Kier molecular flexibility index (Phi) is 4.02. The van der Waals surface area contributed by atoms with Crippen molar-refractivity contribution in [3.63, 3.8) is 0 Å². The smallest absolute Gasteiger partial charge is 0.0702 e. The van der Waals surface area contributed by atoms with E-state index in [4.69, 9.17) is 10.5 Å². The van der Waals surface area contributed by atoms with Gasteiger partial charge >= 0.3 is 0 Å². The number of nitrogens with two attached hydrogens (primary N) is 1. The molecule has 3 nitrogen and oxygen atoms in total. The summed E-state index contributed by atoms with van der Waals surface area (Å²) in [5, 5.41) is 0. The lowest BCUT2D eigenvalue weighted by molar-refractivity contribution is 0.0704. The highest BCUT2D eigenvalue weighted by molar-refractivity contribution is 5.41. The average molecular weight is 234 g/mol. The summed E-state index contributed by atoms with van der Waals surface area (Å²) < 4.78 is 5.67. The molecule has 1 saturated heterocycles. The van der Waals surface area contributed by atoms with E-state index in [9.17, 15) is 0 Å². The second kappa shape index (κ2) is 5.52. The Morgan fingerprint density at radius 3 is 3.00 bits per heavy atom. The molecule has 0 aliphatic carbocycles. The first-order valence-electron chi connectivity index (χ1n) is 6.34. The maximum atomic E-state index is 5.82. The Morgan fingerprint density at radius 1 is 1.53 bits per heavy atom. The lowest BCUT2D eigenvalue weighted by Crippen LogP contribution is -2.31. The minimum atomic E-state index is 0.377. The maximum Gasteiger partial charge on any atom is 0.0702 e. The van der Waals surface area contributed by atoms with E-state index in [-0.39, 0.29) is 0 Å². The van der Waals surface area contributed by atoms with Crippen molar-refractivity contribution in [2.45, 2.75) is 31.9 Å². The topological polar surface area (TPSA) is 38.5 Å². The van der Waals surface area contributed by atoms with E-state index in [2.05, 4.69) is 31.0 Å². The number of ether oxygens (including phenoxy) is 1. The fourth-order valence-electron chi connectivity index (χ4n) is 2.34. The summed E-state index contributed by atoms with van der Waals surface area (Å²) in [4.78, 5) is 2.34. The first-order valence-corrected chi connectivity index (χ1v) is 6.34. The molecule has 1 aromatic rings. The van der Waals surface area contributed by atoms with Crippen LogP contribution in [0.15, 0.2) is 24.3 Å². The lowest BCUT2D eigenvalue weighted by Gasteiger charge is -2.27. The van der Waals surface area contributed by atoms with Crippen LogP contribution in [-0.2, 0) is 4.74 Å². The molecular weight excluding hydrogens is 212 g/mol. The van der Waals surface area contributed by atoms with Gasteiger partial charge in [0.1, 0.15) is 0 Å². The molecule has 2 N–H and O–H groups in total. The average Bonchev–Trinajstić information content (AvgIpc) is 2.80. The van der Waals surface area contributed by atoms with Crippen LogP contribution in [0.5, 0.6) is 0 Å². The number of rotatable bonds is 4. The molecule has 94 valence electrons. The minimum Gasteiger partial charge on any atom is -0.399 e. The van der Waals surface area contributed by atoms with Gasteiger partial charge in [0.2, 0.25) is 0 Å². The highest BCUT2D eigenvalue weighted by atomic mass is 16.5. The molecule has 2 atom stereocenters. The molecule has 2 unspecified atom stereocenters. The monoisotopic (exact) mass is 234 g/mol. The van der Waals surface area contributed by atoms with E-state index in [1.165, 1.54) is 18.4 Å². The van der Waals surface area contributed by atoms with E-state index in [1.54, 1.807) is 0 Å². The summed E-state index contributed by atoms with van der Waals surface area (Å²) in [6.45, 7) is 4.13. The quantitative estimate of drug-likeness (QED) is 0.813. The van der Waals surface area contributed by atoms with Crippen LogP contribution in [0.4, 0.5) is 5.69 Å². The summed E-state index contributed by atoms with van der Waals surface area (Å²) in [6, 6.07) is 8.50. The van der Waals surface area contributed by atoms with E-state index < -0.39 is 0 Å². The van der Waals surface area contributed by atoms with Crippen molar-refractivity contribution in [3.8, 4) is 0 Å². The summed E-state index contributed by atoms with van der Waals surface area (Å²) in [7, 11) is 2.15. The third-order valence-electron chi connectivity index (χ3n) is 3.57. The minimum absolute atomic E-state index is 0.377. The molecule has 0 aromatic heterocycles. The fraction of sp³-hybridized carbons (Fsp3) is 0.571. The van der Waals surface area contributed by atoms with E-state index in [0.29, 0.717) is 12.1 Å². The van der Waals surface area contributed by atoms with Crippen LogP contribution in [-0.4, -0.2) is 31.2 Å². The molecular formula is C14H22N2O. The number of nitrogen functional groups attached to an aromatic ring is 1. The van der Waals surface area contributed by atoms with Gasteiger partial charge in [-0.2, -0.15) is 0 Å². The first kappa shape index (κ1) is 12.4. The summed E-state index contributed by atoms with van der Waals surface area (Å²) in [5.41, 5.74) is 7.92. The summed E-state index contributed by atoms with van der Waals surface area (Å²) in [6.07, 6.45) is 2.79. The van der Waals surface area contributed by atoms with Crippen LogP contribution >= 0.6 is 0 Å². The normalized spacial score (nSPS) is 21.9. The van der Waals surface area contributed by atoms with Crippen molar-refractivity contribution in [2.75, 3.05) is 25.9 Å². The van der Waals surface area contributed by atoms with Crippen LogP contribution in [0.25, 0.3) is 0 Å². The molecule has 3 heteroatoms. The van der Waals surface area contributed by atoms with Crippen LogP contribution < -0.4 is 5.73 Å². The van der Waals surface area contributed by atoms with Gasteiger partial charge in [0.05, 0.1) is 6.10 Å². The van der Waals surface area contributed by atoms with Crippen molar-refractivity contribution in [1.82, 2.24) is 4.90 Å². The van der Waals surface area contributed by atoms with E-state index in [0.717, 1.165) is 18.8 Å². The Bertz CT molecular complexity index is 361. The van der Waals surface area contributed by atoms with Gasteiger partial charge in [0, 0.05) is 24.9 Å². The second-order valence-corrected chi connectivity index (χ2v) is 4.92. The molecule has 1 aliphatic rings. The van der Waals surface area contributed by atoms with Crippen molar-refractivity contribution in [3.05, 3.63) is 29.8 Å². The molecule has 1 aromatic carbocycles. The van der Waals surface area contributed by atoms with Crippen molar-refractivity contribution >= 4 is 5.69 Å². The van der Waals surface area contributed by atoms with Gasteiger partial charge in [0.15, 0.2) is 0 Å². The molecule has 0 saturated carbocycles. The number of likely N-dealkylation sites (N-methyl/N-ethyl adjacent to an activating group) is 1. The Hall–Kier alpha value is -1.06. The fourth-order valence-corrected chi connectivity index (χ4v) is 2.34. The van der Waals surface area contributed by atoms with E-state index >= 15 is 0 Å². The second-order valence-electron chi connectivity index (χ2n) is 4.92. The molecule has 1 aliphatic heterocycles. The Balaban J connectivity index is 1.96. The van der Waals surface area contributed by atoms with Crippen LogP contribution in [0.1, 0.15) is 31.4 Å². The molecule has 2 rings (SSSR count). The number of nitrogens with zero attached hydrogens (tertiary/aromatic N) is 1. The Labute approximate surface area is 104 Å². The third kappa shape index (κ3) is 3.20. The van der Waals surface area contributed by atoms with Crippen molar-refractivity contribution < 1.29 is 4.74 Å². The predicted molar refractivity (Wildman–Crippen MR) is 70.9 cm³/mol. The summed E-state index contributed by atoms with van der Waals surface area (Å²) in [5.74, 6) is 0. The first-order chi connectivity index (χ1) is 8.16. The number of anilines is 1.